The number of rotatable bonds is 12. The number of carbonyl (C=O) groups is 3. The van der Waals surface area contributed by atoms with Gasteiger partial charge in [-0.15, -0.1) is 0 Å². The van der Waals surface area contributed by atoms with Crippen molar-refractivity contribution >= 4 is 18.0 Å². The number of carboxylic acid groups (broad SMARTS) is 1. The van der Waals surface area contributed by atoms with E-state index in [1.54, 1.807) is 62.8 Å². The molecule has 0 aliphatic carbocycles. The van der Waals surface area contributed by atoms with E-state index in [1.807, 2.05) is 0 Å². The molecule has 0 bridgehead atoms. The van der Waals surface area contributed by atoms with E-state index >= 15 is 0 Å². The molecule has 0 spiro atoms. The number of aliphatic carboxylic acids is 1. The summed E-state index contributed by atoms with van der Waals surface area (Å²) in [6.07, 6.45) is -0.886. The topological polar surface area (TPSA) is 130 Å². The van der Waals surface area contributed by atoms with Crippen LogP contribution in [0.25, 0.3) is 0 Å². The minimum Gasteiger partial charge on any atom is -0.497 e. The van der Waals surface area contributed by atoms with Gasteiger partial charge < -0.3 is 34.1 Å². The van der Waals surface area contributed by atoms with E-state index in [9.17, 15) is 19.5 Å². The first kappa shape index (κ1) is 26.9. The highest BCUT2D eigenvalue weighted by Crippen LogP contribution is 2.19. The Morgan fingerprint density at radius 1 is 0.730 bits per heavy atom. The Hall–Kier alpha value is -4.73. The summed E-state index contributed by atoms with van der Waals surface area (Å²) in [5.41, 5.74) is 1.81. The Bertz CT molecular complexity index is 1180. The second-order valence-electron chi connectivity index (χ2n) is 7.71. The van der Waals surface area contributed by atoms with E-state index in [0.29, 0.717) is 28.4 Å². The summed E-state index contributed by atoms with van der Waals surface area (Å²) in [5.74, 6) is -0.136. The second kappa shape index (κ2) is 13.4. The lowest BCUT2D eigenvalue weighted by Crippen LogP contribution is -2.34. The van der Waals surface area contributed by atoms with Gasteiger partial charge in [0, 0.05) is 0 Å². The van der Waals surface area contributed by atoms with Crippen LogP contribution in [0.4, 0.5) is 4.79 Å². The highest BCUT2D eigenvalue weighted by Gasteiger charge is 2.23. The minimum absolute atomic E-state index is 0.0382. The maximum Gasteiger partial charge on any atom is 0.408 e. The van der Waals surface area contributed by atoms with Gasteiger partial charge in [-0.25, -0.2) is 14.4 Å². The van der Waals surface area contributed by atoms with Crippen LogP contribution >= 0.6 is 0 Å². The van der Waals surface area contributed by atoms with Crippen molar-refractivity contribution < 1.29 is 43.2 Å². The van der Waals surface area contributed by atoms with Gasteiger partial charge >= 0.3 is 18.0 Å². The maximum absolute atomic E-state index is 12.2. The molecule has 0 heterocycles. The van der Waals surface area contributed by atoms with Gasteiger partial charge in [0.2, 0.25) is 0 Å². The third kappa shape index (κ3) is 8.46. The first-order valence-electron chi connectivity index (χ1n) is 11.2. The number of ether oxygens (including phenoxy) is 5. The molecule has 0 radical (unpaired) electrons. The lowest BCUT2D eigenvalue weighted by atomic mass is 10.1. The smallest absolute Gasteiger partial charge is 0.408 e. The normalized spacial score (nSPS) is 11.1. The fraction of sp³-hybridized carbons (Fsp3) is 0.222. The summed E-state index contributed by atoms with van der Waals surface area (Å²) in [6, 6.07) is 18.6. The fourth-order valence-electron chi connectivity index (χ4n) is 3.14. The number of methoxy groups -OCH3 is 2. The van der Waals surface area contributed by atoms with Gasteiger partial charge in [0.25, 0.3) is 0 Å². The SMILES string of the molecule is COc1ccc(COC(=O)COc2ccc(C(NC(=O)OCc3ccc(OC)cc3)C(=O)O)cc2)cc1. The molecule has 194 valence electrons. The van der Waals surface area contributed by atoms with Crippen LogP contribution in [-0.4, -0.2) is 44.0 Å². The molecule has 1 unspecified atom stereocenters. The van der Waals surface area contributed by atoms with Crippen LogP contribution < -0.4 is 19.5 Å². The van der Waals surface area contributed by atoms with E-state index in [-0.39, 0.29) is 19.8 Å². The molecule has 0 saturated heterocycles. The molecule has 0 saturated carbocycles. The first-order valence-corrected chi connectivity index (χ1v) is 11.2. The number of amides is 1. The molecule has 10 heteroatoms. The number of carbonyl (C=O) groups excluding carboxylic acids is 2. The Balaban J connectivity index is 1.46. The molecule has 10 nitrogen and oxygen atoms in total. The summed E-state index contributed by atoms with van der Waals surface area (Å²) in [7, 11) is 3.11. The van der Waals surface area contributed by atoms with Crippen molar-refractivity contribution in [3.63, 3.8) is 0 Å². The van der Waals surface area contributed by atoms with Gasteiger partial charge in [-0.3, -0.25) is 0 Å². The number of esters is 1. The zero-order chi connectivity index (χ0) is 26.6. The molecular weight excluding hydrogens is 482 g/mol. The van der Waals surface area contributed by atoms with Crippen LogP contribution in [0.5, 0.6) is 17.2 Å². The lowest BCUT2D eigenvalue weighted by molar-refractivity contribution is -0.147. The van der Waals surface area contributed by atoms with Crippen LogP contribution in [0.1, 0.15) is 22.7 Å². The third-order valence-corrected chi connectivity index (χ3v) is 5.17. The Morgan fingerprint density at radius 2 is 1.22 bits per heavy atom. The molecule has 37 heavy (non-hydrogen) atoms. The predicted molar refractivity (Wildman–Crippen MR) is 131 cm³/mol. The van der Waals surface area contributed by atoms with E-state index in [0.717, 1.165) is 5.56 Å². The lowest BCUT2D eigenvalue weighted by Gasteiger charge is -2.15. The van der Waals surface area contributed by atoms with E-state index in [4.69, 9.17) is 23.7 Å². The van der Waals surface area contributed by atoms with Crippen molar-refractivity contribution in [3.8, 4) is 17.2 Å². The molecule has 1 amide bonds. The largest absolute Gasteiger partial charge is 0.497 e. The average molecular weight is 510 g/mol. The number of carboxylic acids is 1. The number of hydrogen-bond acceptors (Lipinski definition) is 8. The third-order valence-electron chi connectivity index (χ3n) is 5.17. The molecule has 2 N–H and O–H groups in total. The highest BCUT2D eigenvalue weighted by molar-refractivity contribution is 5.81. The minimum atomic E-state index is -1.34. The number of hydrogen-bond donors (Lipinski definition) is 2. The summed E-state index contributed by atoms with van der Waals surface area (Å²) in [6.45, 7) is -0.275. The molecule has 3 aromatic carbocycles. The van der Waals surface area contributed by atoms with Gasteiger partial charge in [0.15, 0.2) is 12.6 Å². The molecule has 0 aliphatic rings. The second-order valence-corrected chi connectivity index (χ2v) is 7.71. The van der Waals surface area contributed by atoms with Crippen molar-refractivity contribution in [1.29, 1.82) is 0 Å². The average Bonchev–Trinajstić information content (AvgIpc) is 2.93. The summed E-state index contributed by atoms with van der Waals surface area (Å²) in [4.78, 5) is 35.9. The number of benzene rings is 3. The summed E-state index contributed by atoms with van der Waals surface area (Å²) >= 11 is 0. The van der Waals surface area contributed by atoms with Crippen LogP contribution in [0.15, 0.2) is 72.8 Å². The van der Waals surface area contributed by atoms with Crippen molar-refractivity contribution in [1.82, 2.24) is 5.32 Å². The van der Waals surface area contributed by atoms with E-state index in [2.05, 4.69) is 5.32 Å². The molecular formula is C27H27NO9. The summed E-state index contributed by atoms with van der Waals surface area (Å²) in [5, 5.41) is 11.9. The maximum atomic E-state index is 12.2. The molecule has 3 rings (SSSR count). The van der Waals surface area contributed by atoms with Crippen molar-refractivity contribution in [3.05, 3.63) is 89.5 Å². The van der Waals surface area contributed by atoms with Crippen LogP contribution in [0, 0.1) is 0 Å². The van der Waals surface area contributed by atoms with Crippen LogP contribution in [0.2, 0.25) is 0 Å². The Labute approximate surface area is 213 Å². The number of nitrogens with one attached hydrogen (secondary N) is 1. The van der Waals surface area contributed by atoms with Gasteiger partial charge in [-0.1, -0.05) is 36.4 Å². The van der Waals surface area contributed by atoms with Crippen molar-refractivity contribution in [2.75, 3.05) is 20.8 Å². The van der Waals surface area contributed by atoms with Gasteiger partial charge in [0.1, 0.15) is 30.5 Å². The van der Waals surface area contributed by atoms with Crippen LogP contribution in [-0.2, 0) is 32.3 Å². The molecule has 0 aliphatic heterocycles. The quantitative estimate of drug-likeness (QED) is 0.349. The standard InChI is InChI=1S/C27H27NO9/c1-33-21-9-3-18(4-10-21)15-36-24(29)17-35-23-13-7-20(8-14-23)25(26(30)31)28-27(32)37-16-19-5-11-22(34-2)12-6-19/h3-14,25H,15-17H2,1-2H3,(H,28,32)(H,30,31). The molecule has 1 atom stereocenters. The van der Waals surface area contributed by atoms with Crippen molar-refractivity contribution in [2.45, 2.75) is 19.3 Å². The van der Waals surface area contributed by atoms with Gasteiger partial charge in [0.05, 0.1) is 14.2 Å². The highest BCUT2D eigenvalue weighted by atomic mass is 16.6. The zero-order valence-electron chi connectivity index (χ0n) is 20.3. The number of alkyl carbamates (subject to hydrolysis) is 1. The first-order chi connectivity index (χ1) is 17.9. The Kier molecular flexibility index (Phi) is 9.72. The molecule has 0 aromatic heterocycles. The molecule has 3 aromatic rings. The predicted octanol–water partition coefficient (Wildman–Crippen LogP) is 3.88. The summed E-state index contributed by atoms with van der Waals surface area (Å²) < 4.78 is 25.9. The fourth-order valence-corrected chi connectivity index (χ4v) is 3.14. The Morgan fingerprint density at radius 3 is 1.70 bits per heavy atom. The van der Waals surface area contributed by atoms with Crippen molar-refractivity contribution in [2.24, 2.45) is 0 Å². The zero-order valence-corrected chi connectivity index (χ0v) is 20.3. The van der Waals surface area contributed by atoms with E-state index < -0.39 is 24.1 Å². The van der Waals surface area contributed by atoms with Crippen LogP contribution in [0.3, 0.4) is 0 Å². The van der Waals surface area contributed by atoms with Gasteiger partial charge in [-0.05, 0) is 53.1 Å². The van der Waals surface area contributed by atoms with E-state index in [1.165, 1.54) is 24.3 Å². The van der Waals surface area contributed by atoms with Gasteiger partial charge in [-0.2, -0.15) is 0 Å². The molecule has 0 fully saturated rings. The monoisotopic (exact) mass is 509 g/mol.